The molecule has 0 aromatic heterocycles. The minimum Gasteiger partial charge on any atom is -0.456 e. The number of esters is 2. The summed E-state index contributed by atoms with van der Waals surface area (Å²) < 4.78 is 24.3. The van der Waals surface area contributed by atoms with Gasteiger partial charge in [-0.05, 0) is 78.8 Å². The molecule has 0 bridgehead atoms. The van der Waals surface area contributed by atoms with E-state index in [1.807, 2.05) is 12.1 Å². The molecule has 1 unspecified atom stereocenters. The monoisotopic (exact) mass is 588 g/mol. The highest BCUT2D eigenvalue weighted by molar-refractivity contribution is 5.92. The van der Waals surface area contributed by atoms with E-state index in [1.54, 1.807) is 24.3 Å². The van der Waals surface area contributed by atoms with Crippen LogP contribution in [0.25, 0.3) is 11.1 Å². The van der Waals surface area contributed by atoms with Crippen LogP contribution in [0.15, 0.2) is 72.8 Å². The average molecular weight is 589 g/mol. The second-order valence-corrected chi connectivity index (χ2v) is 11.4. The number of carbonyl (C=O) groups is 2. The van der Waals surface area contributed by atoms with Crippen LogP contribution < -0.4 is 4.74 Å². The summed E-state index contributed by atoms with van der Waals surface area (Å²) in [5.74, 6) is -0.731. The van der Waals surface area contributed by atoms with Crippen LogP contribution in [0.5, 0.6) is 5.75 Å². The van der Waals surface area contributed by atoms with Crippen LogP contribution in [-0.4, -0.2) is 24.7 Å². The molecule has 3 aromatic carbocycles. The predicted molar refractivity (Wildman–Crippen MR) is 174 cm³/mol. The number of hydrogen-bond acceptors (Lipinski definition) is 4. The molecule has 0 fully saturated rings. The van der Waals surface area contributed by atoms with Crippen molar-refractivity contribution < 1.29 is 23.5 Å². The van der Waals surface area contributed by atoms with Crippen molar-refractivity contribution in [3.63, 3.8) is 0 Å². The van der Waals surface area contributed by atoms with Crippen LogP contribution in [0, 0.1) is 0 Å². The number of benzene rings is 3. The first-order valence-electron chi connectivity index (χ1n) is 16.3. The molecular formula is C38H49FO4. The van der Waals surface area contributed by atoms with Gasteiger partial charge in [-0.3, -0.25) is 0 Å². The summed E-state index contributed by atoms with van der Waals surface area (Å²) >= 11 is 0. The second kappa shape index (κ2) is 19.7. The lowest BCUT2D eigenvalue weighted by Gasteiger charge is -2.15. The van der Waals surface area contributed by atoms with E-state index in [9.17, 15) is 14.0 Å². The third-order valence-electron chi connectivity index (χ3n) is 7.85. The Morgan fingerprint density at radius 3 is 1.67 bits per heavy atom. The maximum atomic E-state index is 13.4. The third-order valence-corrected chi connectivity index (χ3v) is 7.85. The van der Waals surface area contributed by atoms with Crippen molar-refractivity contribution in [3.05, 3.63) is 89.5 Å². The van der Waals surface area contributed by atoms with Crippen LogP contribution in [0.3, 0.4) is 0 Å². The SMILES string of the molecule is CCCCCCCCc1ccc(-c2ccc(C(=O)Oc3ccc(C(=O)OC(CF)CCCCCCCC)cc3)cc2)cc1. The Bertz CT molecular complexity index is 1200. The highest BCUT2D eigenvalue weighted by Crippen LogP contribution is 2.23. The Balaban J connectivity index is 1.44. The summed E-state index contributed by atoms with van der Waals surface area (Å²) in [6.07, 6.45) is 15.3. The molecule has 0 amide bonds. The Labute approximate surface area is 258 Å². The molecule has 3 rings (SSSR count). The Morgan fingerprint density at radius 2 is 1.09 bits per heavy atom. The highest BCUT2D eigenvalue weighted by atomic mass is 19.1. The van der Waals surface area contributed by atoms with Gasteiger partial charge in [-0.25, -0.2) is 14.0 Å². The van der Waals surface area contributed by atoms with Gasteiger partial charge in [0, 0.05) is 0 Å². The Kier molecular flexibility index (Phi) is 15.6. The van der Waals surface area contributed by atoms with Gasteiger partial charge >= 0.3 is 11.9 Å². The van der Waals surface area contributed by atoms with Gasteiger partial charge in [0.15, 0.2) is 0 Å². The van der Waals surface area contributed by atoms with E-state index in [0.717, 1.165) is 36.8 Å². The summed E-state index contributed by atoms with van der Waals surface area (Å²) in [5, 5.41) is 0. The third kappa shape index (κ3) is 12.3. The second-order valence-electron chi connectivity index (χ2n) is 11.4. The molecule has 0 heterocycles. The van der Waals surface area contributed by atoms with Crippen molar-refractivity contribution in [2.45, 2.75) is 110 Å². The van der Waals surface area contributed by atoms with E-state index in [0.29, 0.717) is 23.3 Å². The lowest BCUT2D eigenvalue weighted by molar-refractivity contribution is 0.0211. The fourth-order valence-corrected chi connectivity index (χ4v) is 5.14. The molecule has 0 aliphatic carbocycles. The van der Waals surface area contributed by atoms with Gasteiger partial charge in [-0.15, -0.1) is 0 Å². The van der Waals surface area contributed by atoms with Crippen LogP contribution in [0.4, 0.5) is 4.39 Å². The molecule has 43 heavy (non-hydrogen) atoms. The van der Waals surface area contributed by atoms with E-state index in [4.69, 9.17) is 9.47 Å². The standard InChI is InChI=1S/C38H49FO4/c1-3-5-7-9-11-13-15-30-17-19-31(20-18-30)32-21-23-33(24-22-32)37(40)42-35-27-25-34(26-28-35)38(41)43-36(29-39)16-14-12-10-8-6-4-2/h17-28,36H,3-16,29H2,1-2H3. The van der Waals surface area contributed by atoms with E-state index in [2.05, 4.69) is 38.1 Å². The normalized spacial score (nSPS) is 11.7. The van der Waals surface area contributed by atoms with Gasteiger partial charge in [0.25, 0.3) is 0 Å². The number of halogens is 1. The molecule has 0 saturated carbocycles. The highest BCUT2D eigenvalue weighted by Gasteiger charge is 2.17. The van der Waals surface area contributed by atoms with Crippen LogP contribution in [-0.2, 0) is 11.2 Å². The van der Waals surface area contributed by atoms with Crippen molar-refractivity contribution in [3.8, 4) is 16.9 Å². The molecule has 0 aliphatic heterocycles. The molecule has 232 valence electrons. The number of unbranched alkanes of at least 4 members (excludes halogenated alkanes) is 10. The maximum absolute atomic E-state index is 13.4. The minimum atomic E-state index is -0.734. The van der Waals surface area contributed by atoms with Crippen molar-refractivity contribution in [2.75, 3.05) is 6.67 Å². The summed E-state index contributed by atoms with van der Waals surface area (Å²) in [7, 11) is 0. The minimum absolute atomic E-state index is 0.295. The molecule has 5 heteroatoms. The zero-order chi connectivity index (χ0) is 30.7. The van der Waals surface area contributed by atoms with Gasteiger partial charge in [-0.2, -0.15) is 0 Å². The largest absolute Gasteiger partial charge is 0.456 e. The fraction of sp³-hybridized carbons (Fsp3) is 0.474. The first-order valence-corrected chi connectivity index (χ1v) is 16.3. The smallest absolute Gasteiger partial charge is 0.343 e. The molecule has 3 aromatic rings. The topological polar surface area (TPSA) is 52.6 Å². The van der Waals surface area contributed by atoms with Gasteiger partial charge in [0.05, 0.1) is 11.1 Å². The number of ether oxygens (including phenoxy) is 2. The van der Waals surface area contributed by atoms with E-state index in [-0.39, 0.29) is 0 Å². The summed E-state index contributed by atoms with van der Waals surface area (Å²) in [5.41, 5.74) is 4.23. The molecule has 1 atom stereocenters. The number of aryl methyl sites for hydroxylation is 1. The van der Waals surface area contributed by atoms with Crippen LogP contribution >= 0.6 is 0 Å². The van der Waals surface area contributed by atoms with E-state index >= 15 is 0 Å². The molecule has 0 aliphatic rings. The lowest BCUT2D eigenvalue weighted by Crippen LogP contribution is -2.20. The van der Waals surface area contributed by atoms with Gasteiger partial charge in [0.2, 0.25) is 0 Å². The molecule has 0 radical (unpaired) electrons. The van der Waals surface area contributed by atoms with Gasteiger partial charge in [-0.1, -0.05) is 114 Å². The lowest BCUT2D eigenvalue weighted by atomic mass is 10.00. The van der Waals surface area contributed by atoms with Crippen LogP contribution in [0.2, 0.25) is 0 Å². The zero-order valence-corrected chi connectivity index (χ0v) is 26.1. The molecule has 0 spiro atoms. The molecule has 4 nitrogen and oxygen atoms in total. The summed E-state index contributed by atoms with van der Waals surface area (Å²) in [4.78, 5) is 25.2. The summed E-state index contributed by atoms with van der Waals surface area (Å²) in [6, 6.07) is 22.2. The van der Waals surface area contributed by atoms with E-state index in [1.165, 1.54) is 75.5 Å². The number of rotatable bonds is 20. The van der Waals surface area contributed by atoms with Crippen LogP contribution in [0.1, 0.15) is 124 Å². The number of hydrogen-bond donors (Lipinski definition) is 0. The van der Waals surface area contributed by atoms with Gasteiger partial charge < -0.3 is 9.47 Å². The molecular weight excluding hydrogens is 539 g/mol. The van der Waals surface area contributed by atoms with Crippen molar-refractivity contribution in [2.24, 2.45) is 0 Å². The van der Waals surface area contributed by atoms with Crippen molar-refractivity contribution in [1.82, 2.24) is 0 Å². The average Bonchev–Trinajstić information content (AvgIpc) is 3.04. The maximum Gasteiger partial charge on any atom is 0.343 e. The number of carbonyl (C=O) groups excluding carboxylic acids is 2. The summed E-state index contributed by atoms with van der Waals surface area (Å²) in [6.45, 7) is 3.72. The quantitative estimate of drug-likeness (QED) is 0.0748. The Morgan fingerprint density at radius 1 is 0.605 bits per heavy atom. The van der Waals surface area contributed by atoms with Gasteiger partial charge in [0.1, 0.15) is 18.5 Å². The number of alkyl halides is 1. The zero-order valence-electron chi connectivity index (χ0n) is 26.1. The van der Waals surface area contributed by atoms with E-state index < -0.39 is 24.7 Å². The van der Waals surface area contributed by atoms with Crippen molar-refractivity contribution >= 4 is 11.9 Å². The van der Waals surface area contributed by atoms with Crippen molar-refractivity contribution in [1.29, 1.82) is 0 Å². The fourth-order valence-electron chi connectivity index (χ4n) is 5.14. The Hall–Kier alpha value is -3.47. The first kappa shape index (κ1) is 34.0. The molecule has 0 N–H and O–H groups in total. The molecule has 0 saturated heterocycles. The predicted octanol–water partition coefficient (Wildman–Crippen LogP) is 10.7. The first-order chi connectivity index (χ1) is 21.0.